The zero-order valence-corrected chi connectivity index (χ0v) is 14.1. The highest BCUT2D eigenvalue weighted by atomic mass is 32.1. The largest absolute Gasteiger partial charge is 0.422 e. The molecule has 0 saturated heterocycles. The first-order valence-electron chi connectivity index (χ1n) is 7.60. The molecule has 0 amide bonds. The van der Waals surface area contributed by atoms with Gasteiger partial charge in [0.15, 0.2) is 5.82 Å². The van der Waals surface area contributed by atoms with Gasteiger partial charge in [-0.25, -0.2) is 17.6 Å². The molecule has 0 aliphatic heterocycles. The maximum absolute atomic E-state index is 14.8. The lowest BCUT2D eigenvalue weighted by Crippen LogP contribution is -2.11. The summed E-state index contributed by atoms with van der Waals surface area (Å²) in [6.07, 6.45) is -3.81. The first-order valence-corrected chi connectivity index (χ1v) is 8.42. The fraction of sp³-hybridized carbons (Fsp3) is 0.222. The molecule has 138 valence electrons. The van der Waals surface area contributed by atoms with E-state index in [2.05, 4.69) is 0 Å². The van der Waals surface area contributed by atoms with E-state index < -0.39 is 46.1 Å². The second-order valence-electron chi connectivity index (χ2n) is 5.74. The number of halogens is 7. The Hall–Kier alpha value is -2.09. The minimum absolute atomic E-state index is 0.0885. The molecule has 3 rings (SSSR count). The number of hydrogen-bond acceptors (Lipinski definition) is 1. The highest BCUT2D eigenvalue weighted by Crippen LogP contribution is 2.40. The van der Waals surface area contributed by atoms with Crippen LogP contribution in [0.1, 0.15) is 23.8 Å². The standard InChI is InChI=1S/C18H11F7S/c1-2-3-10-4-9-7-11(19)14(16(22)17(9)26-10)8-5-12(20)15(13(21)6-8)18(23,24)25/h4-7H,2-3H2,1H3. The lowest BCUT2D eigenvalue weighted by atomic mass is 10.0. The first kappa shape index (κ1) is 18.7. The van der Waals surface area contributed by atoms with Crippen molar-refractivity contribution in [2.75, 3.05) is 0 Å². The zero-order chi connectivity index (χ0) is 19.2. The molecule has 1 heterocycles. The minimum Gasteiger partial charge on any atom is -0.206 e. The summed E-state index contributed by atoms with van der Waals surface area (Å²) in [5.74, 6) is -6.01. The molecule has 26 heavy (non-hydrogen) atoms. The molecule has 8 heteroatoms. The average Bonchev–Trinajstić information content (AvgIpc) is 2.88. The number of rotatable bonds is 3. The molecule has 0 radical (unpaired) electrons. The van der Waals surface area contributed by atoms with Crippen molar-refractivity contribution in [3.05, 3.63) is 58.0 Å². The van der Waals surface area contributed by atoms with Crippen molar-refractivity contribution >= 4 is 21.4 Å². The number of benzene rings is 2. The molecule has 3 aromatic rings. The van der Waals surface area contributed by atoms with E-state index >= 15 is 0 Å². The van der Waals surface area contributed by atoms with Crippen molar-refractivity contribution in [1.82, 2.24) is 0 Å². The Morgan fingerprint density at radius 2 is 1.50 bits per heavy atom. The lowest BCUT2D eigenvalue weighted by Gasteiger charge is -2.12. The summed E-state index contributed by atoms with van der Waals surface area (Å²) in [5.41, 5.74) is -3.48. The fourth-order valence-electron chi connectivity index (χ4n) is 2.79. The zero-order valence-electron chi connectivity index (χ0n) is 13.3. The SMILES string of the molecule is CCCc1cc2cc(F)c(-c3cc(F)c(C(F)(F)F)c(F)c3)c(F)c2s1. The molecule has 0 spiro atoms. The maximum Gasteiger partial charge on any atom is 0.422 e. The van der Waals surface area contributed by atoms with Crippen molar-refractivity contribution < 1.29 is 30.7 Å². The summed E-state index contributed by atoms with van der Waals surface area (Å²) in [5, 5.41) is 0.296. The van der Waals surface area contributed by atoms with Crippen molar-refractivity contribution in [3.63, 3.8) is 0 Å². The summed E-state index contributed by atoms with van der Waals surface area (Å²) < 4.78 is 94.7. The van der Waals surface area contributed by atoms with E-state index in [0.717, 1.165) is 28.7 Å². The van der Waals surface area contributed by atoms with Gasteiger partial charge >= 0.3 is 6.18 Å². The summed E-state index contributed by atoms with van der Waals surface area (Å²) in [6.45, 7) is 1.92. The van der Waals surface area contributed by atoms with Gasteiger partial charge in [0.1, 0.15) is 23.0 Å². The predicted octanol–water partition coefficient (Wildman–Crippen LogP) is 7.10. The normalized spacial score (nSPS) is 12.2. The predicted molar refractivity (Wildman–Crippen MR) is 86.1 cm³/mol. The minimum atomic E-state index is -5.25. The Morgan fingerprint density at radius 1 is 0.885 bits per heavy atom. The van der Waals surface area contributed by atoms with E-state index in [1.165, 1.54) is 0 Å². The maximum atomic E-state index is 14.8. The highest BCUT2D eigenvalue weighted by Gasteiger charge is 2.38. The third kappa shape index (κ3) is 3.18. The van der Waals surface area contributed by atoms with Gasteiger partial charge in [-0.2, -0.15) is 13.2 Å². The van der Waals surface area contributed by atoms with Crippen LogP contribution in [-0.2, 0) is 12.6 Å². The molecule has 0 unspecified atom stereocenters. The second kappa shape index (κ2) is 6.57. The van der Waals surface area contributed by atoms with Crippen LogP contribution in [0.25, 0.3) is 21.2 Å². The number of alkyl halides is 3. The molecule has 2 aromatic carbocycles. The molecule has 0 fully saturated rings. The van der Waals surface area contributed by atoms with Crippen LogP contribution in [-0.4, -0.2) is 0 Å². The quantitative estimate of drug-likeness (QED) is 0.417. The van der Waals surface area contributed by atoms with Crippen LogP contribution in [0.2, 0.25) is 0 Å². The number of hydrogen-bond donors (Lipinski definition) is 0. The monoisotopic (exact) mass is 392 g/mol. The molecule has 0 aliphatic rings. The van der Waals surface area contributed by atoms with Crippen LogP contribution in [0.15, 0.2) is 24.3 Å². The van der Waals surface area contributed by atoms with Crippen molar-refractivity contribution in [2.45, 2.75) is 25.9 Å². The second-order valence-corrected chi connectivity index (χ2v) is 6.88. The Morgan fingerprint density at radius 3 is 2.04 bits per heavy atom. The molecular weight excluding hydrogens is 381 g/mol. The molecule has 0 N–H and O–H groups in total. The fourth-order valence-corrected chi connectivity index (χ4v) is 3.97. The van der Waals surface area contributed by atoms with Gasteiger partial charge in [-0.15, -0.1) is 11.3 Å². The van der Waals surface area contributed by atoms with Gasteiger partial charge in [-0.05, 0) is 41.6 Å². The van der Waals surface area contributed by atoms with Gasteiger partial charge < -0.3 is 0 Å². The molecule has 0 nitrogen and oxygen atoms in total. The van der Waals surface area contributed by atoms with Gasteiger partial charge in [0.05, 0.1) is 10.3 Å². The van der Waals surface area contributed by atoms with Gasteiger partial charge in [0, 0.05) is 4.88 Å². The summed E-state index contributed by atoms with van der Waals surface area (Å²) >= 11 is 1.07. The van der Waals surface area contributed by atoms with Crippen LogP contribution in [0, 0.1) is 23.3 Å². The molecule has 1 aromatic heterocycles. The number of thiophene rings is 1. The topological polar surface area (TPSA) is 0 Å². The van der Waals surface area contributed by atoms with Crippen molar-refractivity contribution in [3.8, 4) is 11.1 Å². The molecule has 0 bridgehead atoms. The Labute approximate surface area is 147 Å². The summed E-state index contributed by atoms with van der Waals surface area (Å²) in [6, 6.07) is 3.21. The number of aryl methyl sites for hydroxylation is 1. The first-order chi connectivity index (χ1) is 12.1. The Bertz CT molecular complexity index is 962. The van der Waals surface area contributed by atoms with E-state index in [0.29, 0.717) is 23.9 Å². The Balaban J connectivity index is 2.22. The number of fused-ring (bicyclic) bond motifs is 1. The van der Waals surface area contributed by atoms with Gasteiger partial charge in [-0.1, -0.05) is 13.3 Å². The highest BCUT2D eigenvalue weighted by molar-refractivity contribution is 7.19. The smallest absolute Gasteiger partial charge is 0.206 e. The van der Waals surface area contributed by atoms with Crippen molar-refractivity contribution in [2.24, 2.45) is 0 Å². The molecule has 0 saturated carbocycles. The lowest BCUT2D eigenvalue weighted by molar-refractivity contribution is -0.142. The van der Waals surface area contributed by atoms with Crippen LogP contribution < -0.4 is 0 Å². The van der Waals surface area contributed by atoms with Crippen LogP contribution in [0.5, 0.6) is 0 Å². The molecule has 0 aliphatic carbocycles. The van der Waals surface area contributed by atoms with Crippen LogP contribution >= 0.6 is 11.3 Å². The summed E-state index contributed by atoms with van der Waals surface area (Å²) in [7, 11) is 0. The summed E-state index contributed by atoms with van der Waals surface area (Å²) in [4.78, 5) is 0.808. The Kier molecular flexibility index (Phi) is 4.72. The third-order valence-corrected chi connectivity index (χ3v) is 5.07. The average molecular weight is 392 g/mol. The van der Waals surface area contributed by atoms with Crippen molar-refractivity contribution in [1.29, 1.82) is 0 Å². The molecular formula is C18H11F7S. The van der Waals surface area contributed by atoms with E-state index in [-0.39, 0.29) is 4.70 Å². The van der Waals surface area contributed by atoms with Crippen LogP contribution in [0.4, 0.5) is 30.7 Å². The van der Waals surface area contributed by atoms with Crippen LogP contribution in [0.3, 0.4) is 0 Å². The van der Waals surface area contributed by atoms with E-state index in [9.17, 15) is 30.7 Å². The van der Waals surface area contributed by atoms with E-state index in [1.54, 1.807) is 6.07 Å². The van der Waals surface area contributed by atoms with Gasteiger partial charge in [-0.3, -0.25) is 0 Å². The van der Waals surface area contributed by atoms with E-state index in [1.807, 2.05) is 6.92 Å². The van der Waals surface area contributed by atoms with Gasteiger partial charge in [0.25, 0.3) is 0 Å². The molecule has 0 atom stereocenters. The van der Waals surface area contributed by atoms with Gasteiger partial charge in [0.2, 0.25) is 0 Å². The third-order valence-electron chi connectivity index (χ3n) is 3.86. The van der Waals surface area contributed by atoms with E-state index in [4.69, 9.17) is 0 Å².